The van der Waals surface area contributed by atoms with Crippen LogP contribution in [-0.2, 0) is 9.84 Å². The largest absolute Gasteiger partial charge is 0.396 e. The van der Waals surface area contributed by atoms with E-state index >= 15 is 0 Å². The molecule has 28 heavy (non-hydrogen) atoms. The van der Waals surface area contributed by atoms with E-state index in [1.807, 2.05) is 0 Å². The standard InChI is InChI=1S/C20H37N3O3S.HI/c1-2-21-18(22-16-19(12-14-24)8-6-7-9-19)23-13-15-27(25,26)20(17-23)10-4-3-5-11-20;/h24H,2-17H2,1H3,(H,21,22);1H. The van der Waals surface area contributed by atoms with Crippen LogP contribution >= 0.6 is 24.0 Å². The van der Waals surface area contributed by atoms with Gasteiger partial charge in [-0.15, -0.1) is 24.0 Å². The molecule has 6 nitrogen and oxygen atoms in total. The average molecular weight is 528 g/mol. The van der Waals surface area contributed by atoms with Gasteiger partial charge in [-0.1, -0.05) is 32.1 Å². The van der Waals surface area contributed by atoms with Crippen molar-refractivity contribution >= 4 is 39.8 Å². The van der Waals surface area contributed by atoms with Gasteiger partial charge < -0.3 is 15.3 Å². The average Bonchev–Trinajstić information content (AvgIpc) is 3.11. The van der Waals surface area contributed by atoms with E-state index in [-0.39, 0.29) is 41.8 Å². The first-order chi connectivity index (χ1) is 13.0. The third kappa shape index (κ3) is 5.14. The maximum absolute atomic E-state index is 12.9. The lowest BCUT2D eigenvalue weighted by Crippen LogP contribution is -2.60. The molecule has 0 aromatic heterocycles. The van der Waals surface area contributed by atoms with Crippen LogP contribution in [0.5, 0.6) is 0 Å². The number of hydrogen-bond donors (Lipinski definition) is 2. The van der Waals surface area contributed by atoms with Gasteiger partial charge in [0.2, 0.25) is 0 Å². The lowest BCUT2D eigenvalue weighted by Gasteiger charge is -2.45. The van der Waals surface area contributed by atoms with E-state index in [0.29, 0.717) is 13.1 Å². The molecule has 0 atom stereocenters. The fraction of sp³-hybridized carbons (Fsp3) is 0.950. The monoisotopic (exact) mass is 527 g/mol. The minimum absolute atomic E-state index is 0. The van der Waals surface area contributed by atoms with E-state index in [2.05, 4.69) is 17.1 Å². The molecule has 164 valence electrons. The highest BCUT2D eigenvalue weighted by Crippen LogP contribution is 2.42. The molecule has 3 fully saturated rings. The summed E-state index contributed by atoms with van der Waals surface area (Å²) in [5, 5.41) is 12.9. The molecule has 0 radical (unpaired) electrons. The van der Waals surface area contributed by atoms with Crippen molar-refractivity contribution < 1.29 is 13.5 Å². The zero-order valence-electron chi connectivity index (χ0n) is 17.3. The van der Waals surface area contributed by atoms with Gasteiger partial charge >= 0.3 is 0 Å². The zero-order chi connectivity index (χ0) is 19.4. The second-order valence-corrected chi connectivity index (χ2v) is 11.3. The molecule has 1 spiro atoms. The van der Waals surface area contributed by atoms with Crippen LogP contribution in [0.4, 0.5) is 0 Å². The summed E-state index contributed by atoms with van der Waals surface area (Å²) in [7, 11) is -3.04. The number of halogens is 1. The third-order valence-electron chi connectivity index (χ3n) is 7.04. The van der Waals surface area contributed by atoms with Gasteiger partial charge in [-0.3, -0.25) is 4.99 Å². The zero-order valence-corrected chi connectivity index (χ0v) is 20.4. The van der Waals surface area contributed by atoms with Crippen LogP contribution in [0.15, 0.2) is 4.99 Å². The van der Waals surface area contributed by atoms with Gasteiger partial charge in [0.25, 0.3) is 0 Å². The Bertz CT molecular complexity index is 627. The maximum atomic E-state index is 12.9. The van der Waals surface area contributed by atoms with E-state index in [9.17, 15) is 13.5 Å². The molecule has 1 heterocycles. The lowest BCUT2D eigenvalue weighted by molar-refractivity contribution is 0.190. The predicted octanol–water partition coefficient (Wildman–Crippen LogP) is 2.95. The van der Waals surface area contributed by atoms with E-state index < -0.39 is 14.6 Å². The summed E-state index contributed by atoms with van der Waals surface area (Å²) >= 11 is 0. The topological polar surface area (TPSA) is 82.0 Å². The fourth-order valence-electron chi connectivity index (χ4n) is 5.34. The Morgan fingerprint density at radius 3 is 2.36 bits per heavy atom. The van der Waals surface area contributed by atoms with E-state index in [1.54, 1.807) is 0 Å². The second kappa shape index (κ2) is 10.3. The highest BCUT2D eigenvalue weighted by Gasteiger charge is 2.48. The predicted molar refractivity (Wildman–Crippen MR) is 125 cm³/mol. The van der Waals surface area contributed by atoms with Crippen molar-refractivity contribution in [3.05, 3.63) is 0 Å². The van der Waals surface area contributed by atoms with Gasteiger partial charge in [-0.25, -0.2) is 8.42 Å². The molecule has 1 saturated heterocycles. The summed E-state index contributed by atoms with van der Waals surface area (Å²) < 4.78 is 25.2. The van der Waals surface area contributed by atoms with Crippen LogP contribution in [0, 0.1) is 5.41 Å². The molecule has 0 amide bonds. The maximum Gasteiger partial charge on any atom is 0.194 e. The highest BCUT2D eigenvalue weighted by atomic mass is 127. The summed E-state index contributed by atoms with van der Waals surface area (Å²) in [6.07, 6.45) is 10.3. The van der Waals surface area contributed by atoms with Crippen molar-refractivity contribution in [2.75, 3.05) is 38.5 Å². The van der Waals surface area contributed by atoms with Gasteiger partial charge in [0.1, 0.15) is 0 Å². The Morgan fingerprint density at radius 2 is 1.75 bits per heavy atom. The van der Waals surface area contributed by atoms with Crippen molar-refractivity contribution in [1.29, 1.82) is 0 Å². The molecular formula is C20H38IN3O3S. The van der Waals surface area contributed by atoms with Crippen LogP contribution in [-0.4, -0.2) is 67.7 Å². The molecule has 2 aliphatic carbocycles. The number of aliphatic imine (C=N–C) groups is 1. The molecule has 0 bridgehead atoms. The number of aliphatic hydroxyl groups is 1. The SMILES string of the molecule is CCNC(=NCC1(CCO)CCCC1)N1CCS(=O)(=O)C2(CCCCC2)C1.I. The van der Waals surface area contributed by atoms with Gasteiger partial charge in [-0.2, -0.15) is 0 Å². The Balaban J connectivity index is 0.00000280. The van der Waals surface area contributed by atoms with Crippen LogP contribution in [0.2, 0.25) is 0 Å². The van der Waals surface area contributed by atoms with Crippen molar-refractivity contribution in [1.82, 2.24) is 10.2 Å². The summed E-state index contributed by atoms with van der Waals surface area (Å²) in [5.41, 5.74) is 0.125. The fourth-order valence-corrected chi connectivity index (χ4v) is 7.49. The molecule has 3 aliphatic rings. The minimum atomic E-state index is -3.04. The normalized spacial score (nSPS) is 26.1. The molecule has 2 saturated carbocycles. The van der Waals surface area contributed by atoms with Crippen LogP contribution in [0.1, 0.15) is 71.1 Å². The number of nitrogens with one attached hydrogen (secondary N) is 1. The number of nitrogens with zero attached hydrogens (tertiary/aromatic N) is 2. The summed E-state index contributed by atoms with van der Waals surface area (Å²) in [6, 6.07) is 0. The first-order valence-corrected chi connectivity index (χ1v) is 12.5. The molecule has 0 aromatic rings. The van der Waals surface area contributed by atoms with Crippen molar-refractivity contribution in [2.24, 2.45) is 10.4 Å². The van der Waals surface area contributed by atoms with E-state index in [1.165, 1.54) is 12.8 Å². The first kappa shape index (κ1) is 24.2. The van der Waals surface area contributed by atoms with Crippen molar-refractivity contribution in [3.8, 4) is 0 Å². The third-order valence-corrected chi connectivity index (χ3v) is 9.62. The summed E-state index contributed by atoms with van der Waals surface area (Å²) in [4.78, 5) is 7.15. The number of rotatable bonds is 5. The van der Waals surface area contributed by atoms with Crippen molar-refractivity contribution in [3.63, 3.8) is 0 Å². The summed E-state index contributed by atoms with van der Waals surface area (Å²) in [5.74, 6) is 1.10. The molecule has 0 aromatic carbocycles. The van der Waals surface area contributed by atoms with Gasteiger partial charge in [0.05, 0.1) is 10.5 Å². The number of hydrogen-bond acceptors (Lipinski definition) is 4. The summed E-state index contributed by atoms with van der Waals surface area (Å²) in [6.45, 7) is 4.90. The Hall–Kier alpha value is -0.0900. The van der Waals surface area contributed by atoms with Crippen LogP contribution in [0.25, 0.3) is 0 Å². The second-order valence-electron chi connectivity index (χ2n) is 8.83. The lowest BCUT2D eigenvalue weighted by atomic mass is 9.83. The molecular weight excluding hydrogens is 489 g/mol. The highest BCUT2D eigenvalue weighted by molar-refractivity contribution is 14.0. The van der Waals surface area contributed by atoms with Crippen molar-refractivity contribution in [2.45, 2.75) is 75.9 Å². The Morgan fingerprint density at radius 1 is 1.11 bits per heavy atom. The number of guanidine groups is 1. The van der Waals surface area contributed by atoms with E-state index in [0.717, 1.165) is 70.4 Å². The number of sulfone groups is 1. The first-order valence-electron chi connectivity index (χ1n) is 10.8. The van der Waals surface area contributed by atoms with Crippen LogP contribution in [0.3, 0.4) is 0 Å². The Labute approximate surface area is 187 Å². The molecule has 3 rings (SSSR count). The molecule has 8 heteroatoms. The van der Waals surface area contributed by atoms with Gasteiger partial charge in [-0.05, 0) is 44.4 Å². The van der Waals surface area contributed by atoms with E-state index in [4.69, 9.17) is 4.99 Å². The smallest absolute Gasteiger partial charge is 0.194 e. The minimum Gasteiger partial charge on any atom is -0.396 e. The number of aliphatic hydroxyl groups excluding tert-OH is 1. The molecule has 0 unspecified atom stereocenters. The quantitative estimate of drug-likeness (QED) is 0.327. The van der Waals surface area contributed by atoms with Gasteiger partial charge in [0.15, 0.2) is 15.8 Å². The molecule has 1 aliphatic heterocycles. The Kier molecular flexibility index (Phi) is 8.88. The van der Waals surface area contributed by atoms with Gasteiger partial charge in [0, 0.05) is 32.8 Å². The van der Waals surface area contributed by atoms with Crippen LogP contribution < -0.4 is 5.32 Å². The molecule has 2 N–H and O–H groups in total.